The minimum atomic E-state index is -0.558. The highest BCUT2D eigenvalue weighted by atomic mass is 16.3. The third kappa shape index (κ3) is 2.35. The lowest BCUT2D eigenvalue weighted by atomic mass is 10.2. The lowest BCUT2D eigenvalue weighted by Crippen LogP contribution is -2.14. The molecule has 0 radical (unpaired) electrons. The van der Waals surface area contributed by atoms with Crippen LogP contribution in [0.25, 0.3) is 11.1 Å². The van der Waals surface area contributed by atoms with Crippen LogP contribution in [0.1, 0.15) is 11.3 Å². The Morgan fingerprint density at radius 1 is 1.40 bits per heavy atom. The molecule has 0 fully saturated rings. The molecule has 3 aromatic rings. The van der Waals surface area contributed by atoms with E-state index in [-0.39, 0.29) is 5.69 Å². The Morgan fingerprint density at radius 2 is 2.30 bits per heavy atom. The number of hydrogen-bond donors (Lipinski definition) is 2. The molecule has 0 aliphatic carbocycles. The summed E-state index contributed by atoms with van der Waals surface area (Å²) in [7, 11) is 0. The average molecular weight is 267 g/mol. The zero-order chi connectivity index (χ0) is 13.9. The second-order valence-corrected chi connectivity index (χ2v) is 4.11. The Bertz CT molecular complexity index is 859. The zero-order valence-electron chi connectivity index (χ0n) is 10.3. The smallest absolute Gasteiger partial charge is 0.347 e. The summed E-state index contributed by atoms with van der Waals surface area (Å²) in [5, 5.41) is 11.8. The number of nitrogens with one attached hydrogen (secondary N) is 2. The summed E-state index contributed by atoms with van der Waals surface area (Å²) in [5.74, 6) is 0.350. The van der Waals surface area contributed by atoms with Gasteiger partial charge in [-0.2, -0.15) is 10.2 Å². The van der Waals surface area contributed by atoms with E-state index in [1.54, 1.807) is 0 Å². The van der Waals surface area contributed by atoms with Gasteiger partial charge in [-0.25, -0.2) is 9.78 Å². The van der Waals surface area contributed by atoms with Crippen LogP contribution in [0, 0.1) is 11.3 Å². The molecule has 2 aromatic heterocycles. The fraction of sp³-hybridized carbons (Fsp3) is 0.0769. The van der Waals surface area contributed by atoms with Crippen LogP contribution in [0.15, 0.2) is 39.9 Å². The van der Waals surface area contributed by atoms with Gasteiger partial charge >= 0.3 is 5.69 Å². The molecule has 0 unspecified atom stereocenters. The molecule has 0 saturated carbocycles. The largest absolute Gasteiger partial charge is 0.443 e. The number of benzene rings is 1. The molecule has 98 valence electrons. The molecule has 3 rings (SSSR count). The minimum absolute atomic E-state index is 0.165. The molecule has 2 N–H and O–H groups in total. The normalized spacial score (nSPS) is 10.3. The van der Waals surface area contributed by atoms with Gasteiger partial charge in [-0.3, -0.25) is 4.98 Å². The molecule has 0 bridgehead atoms. The maximum absolute atomic E-state index is 11.2. The SMILES string of the molecule is N#Cc1cc(NCc2ccc3ncoc3c2)nc(=O)[nH]1. The highest BCUT2D eigenvalue weighted by Crippen LogP contribution is 2.15. The number of fused-ring (bicyclic) bond motifs is 1. The summed E-state index contributed by atoms with van der Waals surface area (Å²) in [5.41, 5.74) is 2.04. The van der Waals surface area contributed by atoms with Crippen molar-refractivity contribution in [3.63, 3.8) is 0 Å². The van der Waals surface area contributed by atoms with Crippen molar-refractivity contribution < 1.29 is 4.42 Å². The van der Waals surface area contributed by atoms with Crippen molar-refractivity contribution >= 4 is 16.9 Å². The molecule has 0 amide bonds. The lowest BCUT2D eigenvalue weighted by molar-refractivity contribution is 0.602. The van der Waals surface area contributed by atoms with Crippen molar-refractivity contribution in [1.29, 1.82) is 5.26 Å². The van der Waals surface area contributed by atoms with E-state index in [0.29, 0.717) is 17.9 Å². The Morgan fingerprint density at radius 3 is 3.15 bits per heavy atom. The van der Waals surface area contributed by atoms with Crippen molar-refractivity contribution in [2.75, 3.05) is 5.32 Å². The number of nitrogens with zero attached hydrogens (tertiary/aromatic N) is 3. The molecular weight excluding hydrogens is 258 g/mol. The van der Waals surface area contributed by atoms with Crippen molar-refractivity contribution in [2.24, 2.45) is 0 Å². The first-order chi connectivity index (χ1) is 9.74. The zero-order valence-corrected chi connectivity index (χ0v) is 10.3. The number of aromatic nitrogens is 3. The standard InChI is InChI=1S/C13H9N5O2/c14-5-9-4-12(18-13(19)17-9)15-6-8-1-2-10-11(3-8)20-7-16-10/h1-4,7H,6H2,(H2,15,17,18,19). The van der Waals surface area contributed by atoms with Gasteiger partial charge in [0.1, 0.15) is 23.1 Å². The van der Waals surface area contributed by atoms with Crippen molar-refractivity contribution in [3.8, 4) is 6.07 Å². The summed E-state index contributed by atoms with van der Waals surface area (Å²) >= 11 is 0. The summed E-state index contributed by atoms with van der Waals surface area (Å²) in [4.78, 5) is 21.3. The number of anilines is 1. The van der Waals surface area contributed by atoms with E-state index in [1.807, 2.05) is 24.3 Å². The number of hydrogen-bond acceptors (Lipinski definition) is 6. The number of aromatic amines is 1. The highest BCUT2D eigenvalue weighted by molar-refractivity contribution is 5.72. The lowest BCUT2D eigenvalue weighted by Gasteiger charge is -2.05. The van der Waals surface area contributed by atoms with Gasteiger partial charge in [0, 0.05) is 12.6 Å². The third-order valence-electron chi connectivity index (χ3n) is 2.73. The number of H-pyrrole nitrogens is 1. The van der Waals surface area contributed by atoms with E-state index >= 15 is 0 Å². The molecule has 0 aliphatic rings. The van der Waals surface area contributed by atoms with E-state index in [1.165, 1.54) is 12.5 Å². The Balaban J connectivity index is 1.80. The van der Waals surface area contributed by atoms with Gasteiger partial charge in [0.15, 0.2) is 12.0 Å². The van der Waals surface area contributed by atoms with Crippen LogP contribution in [0.2, 0.25) is 0 Å². The van der Waals surface area contributed by atoms with Crippen LogP contribution in [-0.2, 0) is 6.54 Å². The average Bonchev–Trinajstić information content (AvgIpc) is 2.92. The Kier molecular flexibility index (Phi) is 2.89. The summed E-state index contributed by atoms with van der Waals surface area (Å²) in [6.07, 6.45) is 1.39. The maximum Gasteiger partial charge on any atom is 0.347 e. The van der Waals surface area contributed by atoms with Crippen LogP contribution >= 0.6 is 0 Å². The molecule has 2 heterocycles. The predicted octanol–water partition coefficient (Wildman–Crippen LogP) is 1.39. The molecule has 0 aliphatic heterocycles. The van der Waals surface area contributed by atoms with Gasteiger partial charge in [0.05, 0.1) is 0 Å². The number of rotatable bonds is 3. The fourth-order valence-electron chi connectivity index (χ4n) is 1.81. The molecule has 0 atom stereocenters. The first-order valence-corrected chi connectivity index (χ1v) is 5.82. The van der Waals surface area contributed by atoms with E-state index in [0.717, 1.165) is 11.1 Å². The van der Waals surface area contributed by atoms with Crippen molar-refractivity contribution in [3.05, 3.63) is 52.4 Å². The molecular formula is C13H9N5O2. The maximum atomic E-state index is 11.2. The topological polar surface area (TPSA) is 108 Å². The van der Waals surface area contributed by atoms with Gasteiger partial charge in [-0.1, -0.05) is 6.07 Å². The van der Waals surface area contributed by atoms with Gasteiger partial charge in [0.2, 0.25) is 0 Å². The van der Waals surface area contributed by atoms with E-state index in [4.69, 9.17) is 9.68 Å². The van der Waals surface area contributed by atoms with E-state index in [2.05, 4.69) is 20.3 Å². The first kappa shape index (κ1) is 11.9. The van der Waals surface area contributed by atoms with Gasteiger partial charge in [-0.05, 0) is 17.7 Å². The summed E-state index contributed by atoms with van der Waals surface area (Å²) in [6.45, 7) is 0.456. The number of nitriles is 1. The fourth-order valence-corrected chi connectivity index (χ4v) is 1.81. The van der Waals surface area contributed by atoms with Crippen LogP contribution in [-0.4, -0.2) is 15.0 Å². The minimum Gasteiger partial charge on any atom is -0.443 e. The highest BCUT2D eigenvalue weighted by Gasteiger charge is 2.03. The van der Waals surface area contributed by atoms with Crippen LogP contribution in [0.4, 0.5) is 5.82 Å². The van der Waals surface area contributed by atoms with Crippen molar-refractivity contribution in [2.45, 2.75) is 6.54 Å². The Labute approximate surface area is 112 Å². The predicted molar refractivity (Wildman–Crippen MR) is 70.9 cm³/mol. The number of oxazole rings is 1. The molecule has 0 spiro atoms. The summed E-state index contributed by atoms with van der Waals surface area (Å²) < 4.78 is 5.21. The van der Waals surface area contributed by atoms with Crippen LogP contribution < -0.4 is 11.0 Å². The monoisotopic (exact) mass is 267 g/mol. The van der Waals surface area contributed by atoms with Crippen LogP contribution in [0.3, 0.4) is 0 Å². The van der Waals surface area contributed by atoms with Gasteiger partial charge in [-0.15, -0.1) is 0 Å². The molecule has 1 aromatic carbocycles. The molecule has 7 nitrogen and oxygen atoms in total. The second-order valence-electron chi connectivity index (χ2n) is 4.11. The van der Waals surface area contributed by atoms with E-state index < -0.39 is 5.69 Å². The van der Waals surface area contributed by atoms with Crippen molar-refractivity contribution in [1.82, 2.24) is 15.0 Å². The van der Waals surface area contributed by atoms with E-state index in [9.17, 15) is 4.79 Å². The molecule has 7 heteroatoms. The van der Waals surface area contributed by atoms with Gasteiger partial charge in [0.25, 0.3) is 0 Å². The molecule has 20 heavy (non-hydrogen) atoms. The first-order valence-electron chi connectivity index (χ1n) is 5.82. The third-order valence-corrected chi connectivity index (χ3v) is 2.73. The summed E-state index contributed by atoms with van der Waals surface area (Å²) in [6, 6.07) is 8.95. The molecule has 0 saturated heterocycles. The van der Waals surface area contributed by atoms with Crippen LogP contribution in [0.5, 0.6) is 0 Å². The second kappa shape index (κ2) is 4.85. The Hall–Kier alpha value is -3.14. The van der Waals surface area contributed by atoms with Gasteiger partial charge < -0.3 is 9.73 Å². The quantitative estimate of drug-likeness (QED) is 0.742.